The highest BCUT2D eigenvalue weighted by molar-refractivity contribution is 7.08. The highest BCUT2D eigenvalue weighted by Crippen LogP contribution is 2.28. The number of benzene rings is 1. The molecule has 0 saturated carbocycles. The molecule has 0 fully saturated rings. The molecule has 29 heavy (non-hydrogen) atoms. The van der Waals surface area contributed by atoms with Gasteiger partial charge in [0.2, 0.25) is 5.82 Å². The van der Waals surface area contributed by atoms with E-state index >= 15 is 0 Å². The molecule has 4 aromatic rings. The number of carbonyl (C=O) groups excluding carboxylic acids is 1. The minimum atomic E-state index is -0.425. The van der Waals surface area contributed by atoms with E-state index in [2.05, 4.69) is 20.5 Å². The quantitative estimate of drug-likeness (QED) is 0.492. The van der Waals surface area contributed by atoms with Crippen LogP contribution in [-0.2, 0) is 13.1 Å². The molecule has 3 aromatic heterocycles. The van der Waals surface area contributed by atoms with Gasteiger partial charge in [-0.1, -0.05) is 28.0 Å². The van der Waals surface area contributed by atoms with Gasteiger partial charge in [0.15, 0.2) is 11.4 Å². The molecule has 1 aliphatic heterocycles. The van der Waals surface area contributed by atoms with Crippen molar-refractivity contribution in [2.24, 2.45) is 0 Å². The number of fused-ring (bicyclic) bond motifs is 1. The molecule has 0 saturated heterocycles. The fourth-order valence-corrected chi connectivity index (χ4v) is 3.99. The van der Waals surface area contributed by atoms with Gasteiger partial charge in [0.25, 0.3) is 11.8 Å². The first-order valence-electron chi connectivity index (χ1n) is 8.63. The zero-order valence-electron chi connectivity index (χ0n) is 14.7. The molecular formula is C18H12ClFN6O2S. The molecule has 1 aliphatic rings. The van der Waals surface area contributed by atoms with Gasteiger partial charge >= 0.3 is 0 Å². The number of hydrogen-bond acceptors (Lipinski definition) is 7. The van der Waals surface area contributed by atoms with Gasteiger partial charge in [0, 0.05) is 29.1 Å². The fraction of sp³-hybridized carbons (Fsp3) is 0.167. The van der Waals surface area contributed by atoms with Crippen LogP contribution in [0.15, 0.2) is 39.5 Å². The molecule has 8 nitrogen and oxygen atoms in total. The summed E-state index contributed by atoms with van der Waals surface area (Å²) in [6.45, 7) is 1.12. The number of hydrogen-bond donors (Lipinski definition) is 0. The summed E-state index contributed by atoms with van der Waals surface area (Å²) in [5, 5.41) is 16.2. The van der Waals surface area contributed by atoms with E-state index in [1.807, 2.05) is 16.8 Å². The largest absolute Gasteiger partial charge is 0.332 e. The molecular weight excluding hydrogens is 419 g/mol. The van der Waals surface area contributed by atoms with Crippen molar-refractivity contribution >= 4 is 28.8 Å². The summed E-state index contributed by atoms with van der Waals surface area (Å²) in [6, 6.07) is 5.99. The van der Waals surface area contributed by atoms with Gasteiger partial charge in [-0.05, 0) is 29.1 Å². The summed E-state index contributed by atoms with van der Waals surface area (Å²) in [4.78, 5) is 19.1. The SMILES string of the molecule is O=C1c2c(-c3nc(-c4ccsc4)no3)nnn2CCN1Cc1ccc(F)cc1Cl. The zero-order valence-corrected chi connectivity index (χ0v) is 16.3. The van der Waals surface area contributed by atoms with Crippen molar-refractivity contribution < 1.29 is 13.7 Å². The van der Waals surface area contributed by atoms with Gasteiger partial charge in [-0.2, -0.15) is 16.3 Å². The minimum absolute atomic E-state index is 0.127. The van der Waals surface area contributed by atoms with Gasteiger partial charge in [0.05, 0.1) is 6.54 Å². The van der Waals surface area contributed by atoms with E-state index in [0.29, 0.717) is 24.5 Å². The molecule has 5 rings (SSSR count). The molecule has 0 aliphatic carbocycles. The van der Waals surface area contributed by atoms with Crippen molar-refractivity contribution in [1.29, 1.82) is 0 Å². The summed E-state index contributed by atoms with van der Waals surface area (Å²) < 4.78 is 20.1. The van der Waals surface area contributed by atoms with Crippen LogP contribution in [0, 0.1) is 5.82 Å². The highest BCUT2D eigenvalue weighted by atomic mass is 35.5. The lowest BCUT2D eigenvalue weighted by Crippen LogP contribution is -2.40. The monoisotopic (exact) mass is 430 g/mol. The highest BCUT2D eigenvalue weighted by Gasteiger charge is 2.33. The Bertz CT molecular complexity index is 1210. The van der Waals surface area contributed by atoms with Crippen LogP contribution in [0.3, 0.4) is 0 Å². The van der Waals surface area contributed by atoms with Crippen molar-refractivity contribution in [2.45, 2.75) is 13.1 Å². The maximum absolute atomic E-state index is 13.3. The molecule has 0 spiro atoms. The zero-order chi connectivity index (χ0) is 20.0. The number of nitrogens with zero attached hydrogens (tertiary/aromatic N) is 6. The average Bonchev–Trinajstić information content (AvgIpc) is 3.45. The second-order valence-corrected chi connectivity index (χ2v) is 7.59. The lowest BCUT2D eigenvalue weighted by molar-refractivity contribution is 0.0684. The predicted molar refractivity (Wildman–Crippen MR) is 103 cm³/mol. The number of thiophene rings is 1. The summed E-state index contributed by atoms with van der Waals surface area (Å²) in [5.74, 6) is -0.165. The van der Waals surface area contributed by atoms with Crippen molar-refractivity contribution in [2.75, 3.05) is 6.54 Å². The molecule has 1 amide bonds. The number of rotatable bonds is 4. The van der Waals surface area contributed by atoms with E-state index in [0.717, 1.165) is 5.56 Å². The Labute approximate surface area is 172 Å². The van der Waals surface area contributed by atoms with Crippen molar-refractivity contribution in [3.05, 3.63) is 57.1 Å². The molecule has 0 bridgehead atoms. The average molecular weight is 431 g/mol. The van der Waals surface area contributed by atoms with Crippen LogP contribution < -0.4 is 0 Å². The Morgan fingerprint density at radius 3 is 2.97 bits per heavy atom. The van der Waals surface area contributed by atoms with Gasteiger partial charge < -0.3 is 9.42 Å². The van der Waals surface area contributed by atoms with Crippen LogP contribution in [0.25, 0.3) is 23.0 Å². The van der Waals surface area contributed by atoms with Crippen LogP contribution in [0.5, 0.6) is 0 Å². The third-order valence-corrected chi connectivity index (χ3v) is 5.63. The van der Waals surface area contributed by atoms with Crippen LogP contribution in [0.4, 0.5) is 4.39 Å². The van der Waals surface area contributed by atoms with E-state index < -0.39 is 5.82 Å². The third-order valence-electron chi connectivity index (χ3n) is 4.59. The van der Waals surface area contributed by atoms with Gasteiger partial charge in [-0.25, -0.2) is 9.07 Å². The molecule has 0 radical (unpaired) electrons. The van der Waals surface area contributed by atoms with Crippen molar-refractivity contribution in [1.82, 2.24) is 30.0 Å². The van der Waals surface area contributed by atoms with Crippen LogP contribution in [0.2, 0.25) is 5.02 Å². The summed E-state index contributed by atoms with van der Waals surface area (Å²) in [5.41, 5.74) is 1.99. The molecule has 1 aromatic carbocycles. The van der Waals surface area contributed by atoms with E-state index in [4.69, 9.17) is 16.1 Å². The molecule has 0 atom stereocenters. The first kappa shape index (κ1) is 18.0. The van der Waals surface area contributed by atoms with Crippen LogP contribution in [0.1, 0.15) is 16.1 Å². The molecule has 0 N–H and O–H groups in total. The fourth-order valence-electron chi connectivity index (χ4n) is 3.13. The topological polar surface area (TPSA) is 89.9 Å². The van der Waals surface area contributed by atoms with E-state index in [-0.39, 0.29) is 34.8 Å². The molecule has 146 valence electrons. The summed E-state index contributed by atoms with van der Waals surface area (Å²) >= 11 is 7.63. The van der Waals surface area contributed by atoms with Crippen molar-refractivity contribution in [3.8, 4) is 23.0 Å². The lowest BCUT2D eigenvalue weighted by Gasteiger charge is -2.27. The van der Waals surface area contributed by atoms with Crippen LogP contribution >= 0.6 is 22.9 Å². The number of amides is 1. The summed E-state index contributed by atoms with van der Waals surface area (Å²) in [7, 11) is 0. The van der Waals surface area contributed by atoms with E-state index in [1.165, 1.54) is 28.2 Å². The normalized spacial score (nSPS) is 13.7. The Morgan fingerprint density at radius 1 is 1.28 bits per heavy atom. The predicted octanol–water partition coefficient (Wildman–Crippen LogP) is 3.51. The van der Waals surface area contributed by atoms with Crippen molar-refractivity contribution in [3.63, 3.8) is 0 Å². The second kappa shape index (κ2) is 7.05. The van der Waals surface area contributed by atoms with E-state index in [9.17, 15) is 9.18 Å². The smallest absolute Gasteiger partial charge is 0.281 e. The maximum Gasteiger partial charge on any atom is 0.281 e. The van der Waals surface area contributed by atoms with Crippen LogP contribution in [-0.4, -0.2) is 42.5 Å². The Morgan fingerprint density at radius 2 is 2.17 bits per heavy atom. The number of aromatic nitrogens is 5. The Kier molecular flexibility index (Phi) is 4.36. The third kappa shape index (κ3) is 3.19. The van der Waals surface area contributed by atoms with Gasteiger partial charge in [0.1, 0.15) is 5.82 Å². The standard InChI is InChI=1S/C18H12ClFN6O2S/c19-13-7-12(20)2-1-10(13)8-25-4-5-26-15(18(25)27)14(22-24-26)17-21-16(23-28-17)11-3-6-29-9-11/h1-3,6-7,9H,4-5,8H2. The Hall–Kier alpha value is -3.11. The Balaban J connectivity index is 1.45. The lowest BCUT2D eigenvalue weighted by atomic mass is 10.1. The number of halogens is 2. The minimum Gasteiger partial charge on any atom is -0.332 e. The second-order valence-electron chi connectivity index (χ2n) is 6.41. The van der Waals surface area contributed by atoms with Gasteiger partial charge in [-0.3, -0.25) is 4.79 Å². The van der Waals surface area contributed by atoms with E-state index in [1.54, 1.807) is 11.0 Å². The molecule has 11 heteroatoms. The van der Waals surface area contributed by atoms with Gasteiger partial charge in [-0.15, -0.1) is 5.10 Å². The maximum atomic E-state index is 13.3. The molecule has 4 heterocycles. The first-order chi connectivity index (χ1) is 14.1. The first-order valence-corrected chi connectivity index (χ1v) is 9.95. The molecule has 0 unspecified atom stereocenters. The summed E-state index contributed by atoms with van der Waals surface area (Å²) in [6.07, 6.45) is 0. The number of carbonyl (C=O) groups is 1.